The molecule has 14 heavy (non-hydrogen) atoms. The van der Waals surface area contributed by atoms with Gasteiger partial charge in [0, 0.05) is 0 Å². The first-order valence-corrected chi connectivity index (χ1v) is 6.29. The van der Waals surface area contributed by atoms with E-state index in [0.29, 0.717) is 10.8 Å². The predicted molar refractivity (Wildman–Crippen MR) is 58.8 cm³/mol. The van der Waals surface area contributed by atoms with Crippen LogP contribution in [-0.4, -0.2) is 6.54 Å². The van der Waals surface area contributed by atoms with Gasteiger partial charge in [0.2, 0.25) is 0 Å². The fraction of sp³-hybridized carbons (Fsp3) is 1.00. The highest BCUT2D eigenvalue weighted by Crippen LogP contribution is 2.72. The summed E-state index contributed by atoms with van der Waals surface area (Å²) >= 11 is 0. The molecule has 0 heterocycles. The standard InChI is InChI=1S/C13H23N/c1-12(2)7-13(12,8-14)11-6-9-3-4-10(11)5-9/h9-11H,3-8,14H2,1-2H3. The largest absolute Gasteiger partial charge is 0.330 e. The van der Waals surface area contributed by atoms with Gasteiger partial charge in [0.15, 0.2) is 0 Å². The SMILES string of the molecule is CC1(C)CC1(CN)C1CC2CCC1C2. The molecule has 0 aromatic heterocycles. The number of rotatable bonds is 2. The quantitative estimate of drug-likeness (QED) is 0.717. The molecule has 3 saturated carbocycles. The summed E-state index contributed by atoms with van der Waals surface area (Å²) in [7, 11) is 0. The molecular formula is C13H23N. The molecule has 2 N–H and O–H groups in total. The van der Waals surface area contributed by atoms with Gasteiger partial charge in [-0.15, -0.1) is 0 Å². The zero-order chi connectivity index (χ0) is 9.97. The Morgan fingerprint density at radius 1 is 1.21 bits per heavy atom. The van der Waals surface area contributed by atoms with Crippen LogP contribution < -0.4 is 5.73 Å². The van der Waals surface area contributed by atoms with Crippen LogP contribution >= 0.6 is 0 Å². The molecule has 4 atom stereocenters. The minimum Gasteiger partial charge on any atom is -0.330 e. The van der Waals surface area contributed by atoms with Crippen LogP contribution in [0.25, 0.3) is 0 Å². The topological polar surface area (TPSA) is 26.0 Å². The van der Waals surface area contributed by atoms with E-state index in [0.717, 1.165) is 24.3 Å². The van der Waals surface area contributed by atoms with Crippen molar-refractivity contribution in [3.8, 4) is 0 Å². The van der Waals surface area contributed by atoms with E-state index in [1.165, 1.54) is 32.1 Å². The van der Waals surface area contributed by atoms with Gasteiger partial charge in [-0.2, -0.15) is 0 Å². The van der Waals surface area contributed by atoms with Gasteiger partial charge < -0.3 is 5.73 Å². The fourth-order valence-electron chi connectivity index (χ4n) is 4.80. The van der Waals surface area contributed by atoms with Crippen LogP contribution in [0.4, 0.5) is 0 Å². The molecule has 1 nitrogen and oxygen atoms in total. The van der Waals surface area contributed by atoms with Crippen molar-refractivity contribution in [3.05, 3.63) is 0 Å². The lowest BCUT2D eigenvalue weighted by molar-refractivity contribution is 0.173. The zero-order valence-electron chi connectivity index (χ0n) is 9.55. The third-order valence-electron chi connectivity index (χ3n) is 5.79. The highest BCUT2D eigenvalue weighted by Gasteiger charge is 2.66. The number of hydrogen-bond acceptors (Lipinski definition) is 1. The molecule has 4 unspecified atom stereocenters. The second-order valence-corrected chi connectivity index (χ2v) is 6.70. The van der Waals surface area contributed by atoms with E-state index in [4.69, 9.17) is 5.73 Å². The van der Waals surface area contributed by atoms with Gasteiger partial charge in [0.1, 0.15) is 0 Å². The first kappa shape index (κ1) is 9.21. The van der Waals surface area contributed by atoms with E-state index >= 15 is 0 Å². The van der Waals surface area contributed by atoms with Crippen LogP contribution in [0.15, 0.2) is 0 Å². The van der Waals surface area contributed by atoms with Crippen molar-refractivity contribution in [2.75, 3.05) is 6.54 Å². The van der Waals surface area contributed by atoms with Crippen molar-refractivity contribution in [1.29, 1.82) is 0 Å². The molecule has 0 amide bonds. The average molecular weight is 193 g/mol. The van der Waals surface area contributed by atoms with Gasteiger partial charge in [0.25, 0.3) is 0 Å². The zero-order valence-corrected chi connectivity index (χ0v) is 9.55. The van der Waals surface area contributed by atoms with Crippen molar-refractivity contribution >= 4 is 0 Å². The maximum absolute atomic E-state index is 6.06. The van der Waals surface area contributed by atoms with Gasteiger partial charge in [-0.25, -0.2) is 0 Å². The molecular weight excluding hydrogens is 170 g/mol. The third-order valence-corrected chi connectivity index (χ3v) is 5.79. The van der Waals surface area contributed by atoms with E-state index in [1.807, 2.05) is 0 Å². The summed E-state index contributed by atoms with van der Waals surface area (Å²) in [6.07, 6.45) is 7.45. The Morgan fingerprint density at radius 3 is 2.29 bits per heavy atom. The molecule has 1 heteroatoms. The summed E-state index contributed by atoms with van der Waals surface area (Å²) in [5, 5.41) is 0. The number of hydrogen-bond donors (Lipinski definition) is 1. The monoisotopic (exact) mass is 193 g/mol. The molecule has 0 saturated heterocycles. The molecule has 2 bridgehead atoms. The molecule has 0 radical (unpaired) electrons. The van der Waals surface area contributed by atoms with Crippen molar-refractivity contribution in [2.24, 2.45) is 34.3 Å². The Kier molecular flexibility index (Phi) is 1.68. The highest BCUT2D eigenvalue weighted by molar-refractivity contribution is 5.16. The Balaban J connectivity index is 1.83. The second-order valence-electron chi connectivity index (χ2n) is 6.70. The summed E-state index contributed by atoms with van der Waals surface area (Å²) in [5.74, 6) is 3.11. The highest BCUT2D eigenvalue weighted by atomic mass is 14.8. The van der Waals surface area contributed by atoms with E-state index in [9.17, 15) is 0 Å². The van der Waals surface area contributed by atoms with Crippen LogP contribution in [0.3, 0.4) is 0 Å². The predicted octanol–water partition coefficient (Wildman–Crippen LogP) is 2.80. The Morgan fingerprint density at radius 2 is 1.93 bits per heavy atom. The van der Waals surface area contributed by atoms with Gasteiger partial charge in [-0.05, 0) is 60.8 Å². The van der Waals surface area contributed by atoms with Crippen molar-refractivity contribution < 1.29 is 0 Å². The summed E-state index contributed by atoms with van der Waals surface area (Å²) < 4.78 is 0. The van der Waals surface area contributed by atoms with Gasteiger partial charge in [-0.1, -0.05) is 20.3 Å². The molecule has 80 valence electrons. The first-order chi connectivity index (χ1) is 6.59. The summed E-state index contributed by atoms with van der Waals surface area (Å²) in [6, 6.07) is 0. The third kappa shape index (κ3) is 0.946. The lowest BCUT2D eigenvalue weighted by Crippen LogP contribution is -2.32. The summed E-state index contributed by atoms with van der Waals surface area (Å²) in [5.41, 5.74) is 7.16. The van der Waals surface area contributed by atoms with Gasteiger partial charge >= 0.3 is 0 Å². The maximum atomic E-state index is 6.06. The Labute approximate surface area is 87.4 Å². The fourth-order valence-corrected chi connectivity index (χ4v) is 4.80. The smallest absolute Gasteiger partial charge is 0.00124 e. The van der Waals surface area contributed by atoms with Crippen molar-refractivity contribution in [2.45, 2.75) is 46.0 Å². The molecule has 0 aromatic rings. The molecule has 0 aliphatic heterocycles. The Hall–Kier alpha value is -0.0400. The molecule has 3 rings (SSSR count). The minimum absolute atomic E-state index is 0.548. The normalized spacial score (nSPS) is 53.8. The lowest BCUT2D eigenvalue weighted by Gasteiger charge is -2.32. The summed E-state index contributed by atoms with van der Waals surface area (Å²) in [4.78, 5) is 0. The minimum atomic E-state index is 0.548. The van der Waals surface area contributed by atoms with E-state index in [1.54, 1.807) is 0 Å². The molecule has 0 spiro atoms. The number of fused-ring (bicyclic) bond motifs is 2. The molecule has 3 fully saturated rings. The van der Waals surface area contributed by atoms with Crippen LogP contribution in [0.5, 0.6) is 0 Å². The molecule has 0 aromatic carbocycles. The van der Waals surface area contributed by atoms with E-state index < -0.39 is 0 Å². The van der Waals surface area contributed by atoms with Gasteiger partial charge in [-0.3, -0.25) is 0 Å². The van der Waals surface area contributed by atoms with E-state index in [2.05, 4.69) is 13.8 Å². The average Bonchev–Trinajstić information content (AvgIpc) is 2.62. The first-order valence-electron chi connectivity index (χ1n) is 6.29. The molecule has 3 aliphatic rings. The van der Waals surface area contributed by atoms with Crippen LogP contribution in [0, 0.1) is 28.6 Å². The van der Waals surface area contributed by atoms with Crippen LogP contribution in [0.1, 0.15) is 46.0 Å². The van der Waals surface area contributed by atoms with Gasteiger partial charge in [0.05, 0.1) is 0 Å². The van der Waals surface area contributed by atoms with E-state index in [-0.39, 0.29) is 0 Å². The maximum Gasteiger partial charge on any atom is -0.00124 e. The molecule has 3 aliphatic carbocycles. The second kappa shape index (κ2) is 2.55. The Bertz CT molecular complexity index is 258. The van der Waals surface area contributed by atoms with Crippen molar-refractivity contribution in [1.82, 2.24) is 0 Å². The number of nitrogens with two attached hydrogens (primary N) is 1. The lowest BCUT2D eigenvalue weighted by atomic mass is 9.73. The summed E-state index contributed by atoms with van der Waals surface area (Å²) in [6.45, 7) is 5.78. The van der Waals surface area contributed by atoms with Crippen molar-refractivity contribution in [3.63, 3.8) is 0 Å². The van der Waals surface area contributed by atoms with Crippen LogP contribution in [-0.2, 0) is 0 Å². The van der Waals surface area contributed by atoms with Crippen LogP contribution in [0.2, 0.25) is 0 Å².